The fourth-order valence-corrected chi connectivity index (χ4v) is 6.99. The van der Waals surface area contributed by atoms with E-state index in [1.165, 1.54) is 55.6 Å². The summed E-state index contributed by atoms with van der Waals surface area (Å²) in [6.07, 6.45) is 11.7. The van der Waals surface area contributed by atoms with Gasteiger partial charge in [0.05, 0.1) is 5.41 Å². The van der Waals surface area contributed by atoms with Crippen molar-refractivity contribution in [2.45, 2.75) is 11.8 Å². The van der Waals surface area contributed by atoms with Crippen molar-refractivity contribution in [1.82, 2.24) is 0 Å². The van der Waals surface area contributed by atoms with Gasteiger partial charge in [0.15, 0.2) is 0 Å². The average molecular weight is 497 g/mol. The van der Waals surface area contributed by atoms with Gasteiger partial charge in [-0.15, -0.1) is 6.42 Å². The number of allylic oxidation sites excluding steroid dienone is 4. The quantitative estimate of drug-likeness (QED) is 0.218. The third kappa shape index (κ3) is 2.92. The van der Waals surface area contributed by atoms with Gasteiger partial charge in [-0.3, -0.25) is 0 Å². The summed E-state index contributed by atoms with van der Waals surface area (Å²) in [4.78, 5) is 0. The van der Waals surface area contributed by atoms with Gasteiger partial charge in [0.25, 0.3) is 0 Å². The summed E-state index contributed by atoms with van der Waals surface area (Å²) < 4.78 is 6.39. The van der Waals surface area contributed by atoms with Gasteiger partial charge in [0, 0.05) is 17.5 Å². The molecule has 5 aromatic rings. The van der Waals surface area contributed by atoms with Crippen molar-refractivity contribution in [3.8, 4) is 51.5 Å². The molecule has 8 rings (SSSR count). The molecule has 0 radical (unpaired) electrons. The van der Waals surface area contributed by atoms with Crippen molar-refractivity contribution >= 4 is 0 Å². The zero-order valence-corrected chi connectivity index (χ0v) is 21.3. The molecule has 182 valence electrons. The molecule has 2 aliphatic carbocycles. The summed E-state index contributed by atoms with van der Waals surface area (Å²) in [6, 6.07) is 40.2. The van der Waals surface area contributed by atoms with Gasteiger partial charge in [0.2, 0.25) is 0 Å². The second-order valence-electron chi connectivity index (χ2n) is 10.4. The summed E-state index contributed by atoms with van der Waals surface area (Å²) in [5.41, 5.74) is 13.8. The van der Waals surface area contributed by atoms with Crippen LogP contribution in [0.2, 0.25) is 0 Å². The van der Waals surface area contributed by atoms with E-state index in [4.69, 9.17) is 11.2 Å². The van der Waals surface area contributed by atoms with Gasteiger partial charge in [-0.2, -0.15) is 0 Å². The minimum Gasteiger partial charge on any atom is -0.460 e. The molecule has 0 saturated carbocycles. The Kier molecular flexibility index (Phi) is 4.63. The Hall–Kier alpha value is -5.06. The first kappa shape index (κ1) is 22.0. The van der Waals surface area contributed by atoms with Crippen LogP contribution in [0.5, 0.6) is 5.75 Å². The average Bonchev–Trinajstić information content (AvgIpc) is 3.63. The monoisotopic (exact) mass is 496 g/mol. The lowest BCUT2D eigenvalue weighted by Crippen LogP contribution is -2.25. The Labute approximate surface area is 228 Å². The van der Waals surface area contributed by atoms with E-state index in [9.17, 15) is 0 Å². The van der Waals surface area contributed by atoms with E-state index in [0.717, 1.165) is 23.5 Å². The van der Waals surface area contributed by atoms with Crippen LogP contribution >= 0.6 is 0 Å². The first-order chi connectivity index (χ1) is 19.3. The van der Waals surface area contributed by atoms with Crippen LogP contribution in [0.1, 0.15) is 27.8 Å². The van der Waals surface area contributed by atoms with Gasteiger partial charge in [0.1, 0.15) is 11.5 Å². The number of terminal acetylenes is 1. The molecular formula is C38H24O. The van der Waals surface area contributed by atoms with Crippen molar-refractivity contribution in [2.24, 2.45) is 0 Å². The largest absolute Gasteiger partial charge is 0.460 e. The summed E-state index contributed by atoms with van der Waals surface area (Å²) in [7, 11) is 0. The molecule has 1 nitrogen and oxygen atoms in total. The van der Waals surface area contributed by atoms with E-state index in [-0.39, 0.29) is 5.41 Å². The minimum absolute atomic E-state index is 0.348. The van der Waals surface area contributed by atoms with E-state index in [0.29, 0.717) is 0 Å². The molecule has 1 spiro atoms. The third-order valence-electron chi connectivity index (χ3n) is 8.48. The van der Waals surface area contributed by atoms with Crippen molar-refractivity contribution < 1.29 is 4.74 Å². The summed E-state index contributed by atoms with van der Waals surface area (Å²) >= 11 is 0. The number of rotatable bonds is 2. The molecule has 0 aromatic heterocycles. The van der Waals surface area contributed by atoms with Gasteiger partial charge < -0.3 is 4.74 Å². The van der Waals surface area contributed by atoms with E-state index in [2.05, 4.69) is 115 Å². The molecule has 0 amide bonds. The maximum Gasteiger partial charge on any atom is 0.138 e. The molecule has 0 fully saturated rings. The molecule has 1 aliphatic heterocycles. The van der Waals surface area contributed by atoms with Crippen LogP contribution in [0, 0.1) is 12.3 Å². The molecule has 0 bridgehead atoms. The molecule has 1 heterocycles. The van der Waals surface area contributed by atoms with Crippen LogP contribution in [-0.2, 0) is 11.8 Å². The zero-order chi connectivity index (χ0) is 26.0. The van der Waals surface area contributed by atoms with E-state index in [1.54, 1.807) is 6.08 Å². The SMILES string of the molecule is C#C/C=C\C=C1/Cc2cccc(-c3ccc4c(c3)C3(c5ccccc5-c5ccccc53)c3ccccc3-4)c2O1. The highest BCUT2D eigenvalue weighted by atomic mass is 16.5. The van der Waals surface area contributed by atoms with Gasteiger partial charge >= 0.3 is 0 Å². The maximum atomic E-state index is 6.39. The van der Waals surface area contributed by atoms with E-state index >= 15 is 0 Å². The topological polar surface area (TPSA) is 9.23 Å². The van der Waals surface area contributed by atoms with Crippen LogP contribution in [0.4, 0.5) is 0 Å². The molecule has 0 N–H and O–H groups in total. The van der Waals surface area contributed by atoms with Crippen LogP contribution in [0.25, 0.3) is 33.4 Å². The molecule has 5 aromatic carbocycles. The first-order valence-corrected chi connectivity index (χ1v) is 13.4. The van der Waals surface area contributed by atoms with Gasteiger partial charge in [-0.1, -0.05) is 115 Å². The van der Waals surface area contributed by atoms with Gasteiger partial charge in [-0.05, 0) is 68.3 Å². The number of hydrogen-bond donors (Lipinski definition) is 0. The Morgan fingerprint density at radius 1 is 0.641 bits per heavy atom. The number of benzene rings is 5. The van der Waals surface area contributed by atoms with Crippen LogP contribution < -0.4 is 4.74 Å². The lowest BCUT2D eigenvalue weighted by Gasteiger charge is -2.30. The fourth-order valence-electron chi connectivity index (χ4n) is 6.99. The second kappa shape index (κ2) is 8.22. The highest BCUT2D eigenvalue weighted by molar-refractivity contribution is 5.96. The number of para-hydroxylation sites is 1. The van der Waals surface area contributed by atoms with Crippen LogP contribution in [-0.4, -0.2) is 0 Å². The van der Waals surface area contributed by atoms with Crippen molar-refractivity contribution in [3.05, 3.63) is 161 Å². The fraction of sp³-hybridized carbons (Fsp3) is 0.0526. The second-order valence-corrected chi connectivity index (χ2v) is 10.4. The molecule has 1 heteroatoms. The minimum atomic E-state index is -0.348. The van der Waals surface area contributed by atoms with Crippen molar-refractivity contribution in [1.29, 1.82) is 0 Å². The van der Waals surface area contributed by atoms with Crippen molar-refractivity contribution in [2.75, 3.05) is 0 Å². The van der Waals surface area contributed by atoms with Gasteiger partial charge in [-0.25, -0.2) is 0 Å². The van der Waals surface area contributed by atoms with E-state index < -0.39 is 0 Å². The van der Waals surface area contributed by atoms with Crippen LogP contribution in [0.15, 0.2) is 133 Å². The number of ether oxygens (including phenoxy) is 1. The Balaban J connectivity index is 1.38. The summed E-state index contributed by atoms with van der Waals surface area (Å²) in [5, 5.41) is 0. The first-order valence-electron chi connectivity index (χ1n) is 13.4. The number of hydrogen-bond acceptors (Lipinski definition) is 1. The summed E-state index contributed by atoms with van der Waals surface area (Å²) in [5.74, 6) is 4.39. The Morgan fingerprint density at radius 3 is 1.87 bits per heavy atom. The molecule has 0 unspecified atom stereocenters. The zero-order valence-electron chi connectivity index (χ0n) is 21.3. The molecule has 39 heavy (non-hydrogen) atoms. The normalized spacial score (nSPS) is 15.9. The highest BCUT2D eigenvalue weighted by Crippen LogP contribution is 2.63. The molecule has 0 saturated heterocycles. The summed E-state index contributed by atoms with van der Waals surface area (Å²) in [6.45, 7) is 0. The van der Waals surface area contributed by atoms with Crippen molar-refractivity contribution in [3.63, 3.8) is 0 Å². The lowest BCUT2D eigenvalue weighted by molar-refractivity contribution is 0.448. The Bertz CT molecular complexity index is 1860. The predicted octanol–water partition coefficient (Wildman–Crippen LogP) is 8.71. The lowest BCUT2D eigenvalue weighted by atomic mass is 9.70. The maximum absolute atomic E-state index is 6.39. The smallest absolute Gasteiger partial charge is 0.138 e. The Morgan fingerprint density at radius 2 is 1.23 bits per heavy atom. The van der Waals surface area contributed by atoms with E-state index in [1.807, 2.05) is 12.2 Å². The van der Waals surface area contributed by atoms with Crippen LogP contribution in [0.3, 0.4) is 0 Å². The predicted molar refractivity (Wildman–Crippen MR) is 159 cm³/mol. The molecule has 0 atom stereocenters. The highest BCUT2D eigenvalue weighted by Gasteiger charge is 2.51. The molecule has 3 aliphatic rings. The number of fused-ring (bicyclic) bond motifs is 11. The standard InChI is InChI=1S/C38H24O/c1-2-3-4-13-27-23-26-12-11-17-28(37(26)39-27)25-21-22-32-31-16-7-10-20-35(31)38(36(32)24-25)33-18-8-5-14-29(33)30-15-6-9-19-34(30)38/h1,3-22,24H,23H2/b4-3-,27-13+. The molecular weight excluding hydrogens is 472 g/mol. The third-order valence-corrected chi connectivity index (χ3v) is 8.48.